The van der Waals surface area contributed by atoms with E-state index in [0.717, 1.165) is 21.4 Å². The molecule has 170 valence electrons. The normalized spacial score (nSPS) is 12.1. The third-order valence-corrected chi connectivity index (χ3v) is 11.4. The van der Waals surface area contributed by atoms with E-state index in [-0.39, 0.29) is 5.91 Å². The molecular formula is C29H26ClNOPS+. The van der Waals surface area contributed by atoms with Crippen LogP contribution in [0, 0.1) is 0 Å². The summed E-state index contributed by atoms with van der Waals surface area (Å²) in [4.78, 5) is 12.6. The highest BCUT2D eigenvalue weighted by atomic mass is 35.5. The highest BCUT2D eigenvalue weighted by Crippen LogP contribution is 2.63. The number of nitrogens with one attached hydrogen (secondary N) is 1. The molecule has 5 heteroatoms. The molecule has 4 rings (SSSR count). The molecule has 0 saturated heterocycles. The topological polar surface area (TPSA) is 29.1 Å². The maximum atomic E-state index is 12.6. The van der Waals surface area contributed by atoms with Crippen molar-refractivity contribution >= 4 is 52.4 Å². The Kier molecular flexibility index (Phi) is 8.24. The van der Waals surface area contributed by atoms with E-state index >= 15 is 0 Å². The lowest BCUT2D eigenvalue weighted by atomic mass is 10.2. The van der Waals surface area contributed by atoms with Crippen LogP contribution in [-0.2, 0) is 10.5 Å². The van der Waals surface area contributed by atoms with Crippen LogP contribution in [0.1, 0.15) is 12.5 Å². The summed E-state index contributed by atoms with van der Waals surface area (Å²) in [5.74, 6) is 0.571. The van der Waals surface area contributed by atoms with Gasteiger partial charge in [-0.15, -0.1) is 11.8 Å². The molecule has 34 heavy (non-hydrogen) atoms. The quantitative estimate of drug-likeness (QED) is 0.282. The van der Waals surface area contributed by atoms with Crippen LogP contribution in [-0.4, -0.2) is 5.91 Å². The van der Waals surface area contributed by atoms with E-state index in [1.54, 1.807) is 18.7 Å². The van der Waals surface area contributed by atoms with Gasteiger partial charge in [-0.1, -0.05) is 96.5 Å². The summed E-state index contributed by atoms with van der Waals surface area (Å²) >= 11 is 8.68. The Hall–Kier alpha value is -2.84. The van der Waals surface area contributed by atoms with Gasteiger partial charge in [0.2, 0.25) is 11.3 Å². The highest BCUT2D eigenvalue weighted by molar-refractivity contribution is 8.05. The fourth-order valence-electron chi connectivity index (χ4n) is 4.01. The first-order valence-electron chi connectivity index (χ1n) is 11.0. The minimum atomic E-state index is -2.50. The van der Waals surface area contributed by atoms with E-state index in [4.69, 9.17) is 11.6 Å². The maximum absolute atomic E-state index is 12.6. The van der Waals surface area contributed by atoms with Crippen molar-refractivity contribution in [2.75, 3.05) is 0 Å². The average Bonchev–Trinajstić information content (AvgIpc) is 2.89. The van der Waals surface area contributed by atoms with Gasteiger partial charge in [-0.05, 0) is 42.0 Å². The second kappa shape index (κ2) is 11.5. The van der Waals surface area contributed by atoms with Gasteiger partial charge in [0.25, 0.3) is 0 Å². The van der Waals surface area contributed by atoms with E-state index in [1.807, 2.05) is 72.8 Å². The molecule has 1 N–H and O–H groups in total. The van der Waals surface area contributed by atoms with E-state index in [0.29, 0.717) is 10.1 Å². The van der Waals surface area contributed by atoms with Crippen molar-refractivity contribution in [3.05, 3.63) is 137 Å². The molecule has 0 aromatic heterocycles. The minimum Gasteiger partial charge on any atom is -0.295 e. The largest absolute Gasteiger partial charge is 0.295 e. The van der Waals surface area contributed by atoms with Crippen LogP contribution in [0.2, 0.25) is 0 Å². The Labute approximate surface area is 211 Å². The number of hydrogen-bond donors (Lipinski definition) is 1. The Morgan fingerprint density at radius 2 is 1.09 bits per heavy atom. The van der Waals surface area contributed by atoms with Gasteiger partial charge in [0, 0.05) is 12.7 Å². The van der Waals surface area contributed by atoms with Crippen molar-refractivity contribution in [1.29, 1.82) is 0 Å². The number of amides is 1. The molecule has 1 amide bonds. The van der Waals surface area contributed by atoms with Crippen LogP contribution < -0.4 is 21.2 Å². The summed E-state index contributed by atoms with van der Waals surface area (Å²) in [6.45, 7) is 1.54. The summed E-state index contributed by atoms with van der Waals surface area (Å²) in [5.41, 5.74) is 1.95. The molecule has 0 radical (unpaired) electrons. The smallest absolute Gasteiger partial charge is 0.223 e. The molecule has 0 unspecified atom stereocenters. The molecule has 0 heterocycles. The van der Waals surface area contributed by atoms with E-state index < -0.39 is 7.26 Å². The van der Waals surface area contributed by atoms with E-state index in [1.165, 1.54) is 5.56 Å². The van der Waals surface area contributed by atoms with Crippen LogP contribution >= 0.6 is 30.6 Å². The lowest BCUT2D eigenvalue weighted by Crippen LogP contribution is -2.38. The summed E-state index contributed by atoms with van der Waals surface area (Å²) in [6.07, 6.45) is 0. The van der Waals surface area contributed by atoms with Crippen molar-refractivity contribution < 1.29 is 4.79 Å². The number of hydrogen-bond acceptors (Lipinski definition) is 2. The second-order valence-corrected chi connectivity index (χ2v) is 12.7. The molecule has 0 aliphatic rings. The Balaban J connectivity index is 2.00. The fraction of sp³-hybridized carbons (Fsp3) is 0.0690. The number of carbonyl (C=O) groups excluding carboxylic acids is 1. The first-order chi connectivity index (χ1) is 16.6. The third-order valence-electron chi connectivity index (χ3n) is 5.45. The van der Waals surface area contributed by atoms with Gasteiger partial charge >= 0.3 is 0 Å². The second-order valence-electron chi connectivity index (χ2n) is 7.76. The molecule has 2 nitrogen and oxygen atoms in total. The number of halogens is 1. The number of rotatable bonds is 8. The Morgan fingerprint density at radius 1 is 0.706 bits per heavy atom. The summed E-state index contributed by atoms with van der Waals surface area (Å²) < 4.78 is 0.601. The van der Waals surface area contributed by atoms with E-state index in [9.17, 15) is 4.79 Å². The van der Waals surface area contributed by atoms with Crippen molar-refractivity contribution in [2.24, 2.45) is 0 Å². The molecule has 0 aliphatic carbocycles. The first kappa shape index (κ1) is 24.3. The molecule has 0 fully saturated rings. The predicted molar refractivity (Wildman–Crippen MR) is 150 cm³/mol. The number of thioether (sulfide) groups is 1. The van der Waals surface area contributed by atoms with Gasteiger partial charge < -0.3 is 0 Å². The van der Waals surface area contributed by atoms with Gasteiger partial charge in [0.05, 0.1) is 0 Å². The molecule has 4 aromatic carbocycles. The molecule has 0 atom stereocenters. The van der Waals surface area contributed by atoms with Crippen molar-refractivity contribution in [3.63, 3.8) is 0 Å². The van der Waals surface area contributed by atoms with Crippen LogP contribution in [0.15, 0.2) is 131 Å². The van der Waals surface area contributed by atoms with Gasteiger partial charge in [-0.25, -0.2) is 0 Å². The minimum absolute atomic E-state index is 0.138. The van der Waals surface area contributed by atoms with Crippen molar-refractivity contribution in [2.45, 2.75) is 12.7 Å². The van der Waals surface area contributed by atoms with Crippen LogP contribution in [0.3, 0.4) is 0 Å². The molecular weight excluding hydrogens is 477 g/mol. The molecule has 4 aromatic rings. The zero-order valence-electron chi connectivity index (χ0n) is 18.9. The zero-order valence-corrected chi connectivity index (χ0v) is 21.4. The summed E-state index contributed by atoms with van der Waals surface area (Å²) in [7, 11) is -2.50. The van der Waals surface area contributed by atoms with Crippen molar-refractivity contribution in [1.82, 2.24) is 5.32 Å². The lowest BCUT2D eigenvalue weighted by molar-refractivity contribution is -0.118. The summed E-state index contributed by atoms with van der Waals surface area (Å²) in [6, 6.07) is 41.4. The van der Waals surface area contributed by atoms with Gasteiger partial charge in [0.1, 0.15) is 20.3 Å². The van der Waals surface area contributed by atoms with Gasteiger partial charge in [-0.3, -0.25) is 10.1 Å². The molecule has 0 bridgehead atoms. The fourth-order valence-corrected chi connectivity index (χ4v) is 10.00. The zero-order chi connectivity index (χ0) is 23.8. The Morgan fingerprint density at radius 3 is 1.47 bits per heavy atom. The molecule has 0 saturated carbocycles. The van der Waals surface area contributed by atoms with Gasteiger partial charge in [-0.2, -0.15) is 0 Å². The molecule has 0 spiro atoms. The average molecular weight is 503 g/mol. The third kappa shape index (κ3) is 5.28. The van der Waals surface area contributed by atoms with E-state index in [2.05, 4.69) is 53.8 Å². The molecule has 0 aliphatic heterocycles. The standard InChI is InChI=1S/C29H25ClNOPS/c1-23(32)31-29(28(30)34-22-24-14-6-2-7-15-24)33(25-16-8-3-9-17-25,26-18-10-4-11-19-26)27-20-12-5-13-21-27/h2-21H,22H2,1H3/p+1/b29-28-. The van der Waals surface area contributed by atoms with Crippen molar-refractivity contribution in [3.8, 4) is 0 Å². The number of benzene rings is 4. The highest BCUT2D eigenvalue weighted by Gasteiger charge is 2.52. The predicted octanol–water partition coefficient (Wildman–Crippen LogP) is 6.42. The maximum Gasteiger partial charge on any atom is 0.223 e. The Bertz CT molecular complexity index is 1150. The lowest BCUT2D eigenvalue weighted by Gasteiger charge is -2.30. The van der Waals surface area contributed by atoms with Crippen LogP contribution in [0.25, 0.3) is 0 Å². The van der Waals surface area contributed by atoms with Gasteiger partial charge in [0.15, 0.2) is 7.26 Å². The monoisotopic (exact) mass is 502 g/mol. The SMILES string of the molecule is CC(=O)N/C(=C(\Cl)SCc1ccccc1)[P+](c1ccccc1)(c1ccccc1)c1ccccc1. The summed E-state index contributed by atoms with van der Waals surface area (Å²) in [5, 5.41) is 6.59. The van der Waals surface area contributed by atoms with Crippen LogP contribution in [0.4, 0.5) is 0 Å². The van der Waals surface area contributed by atoms with Crippen LogP contribution in [0.5, 0.6) is 0 Å². The number of carbonyl (C=O) groups is 1. The first-order valence-corrected chi connectivity index (χ1v) is 14.2.